The molecule has 1 saturated heterocycles. The monoisotopic (exact) mass is 307 g/mol. The van der Waals surface area contributed by atoms with Gasteiger partial charge in [0.15, 0.2) is 0 Å². The fourth-order valence-electron chi connectivity index (χ4n) is 3.15. The molecule has 0 bridgehead atoms. The Hall–Kier alpha value is -1.47. The average Bonchev–Trinajstić information content (AvgIpc) is 3.20. The highest BCUT2D eigenvalue weighted by Crippen LogP contribution is 2.48. The molecule has 2 aliphatic rings. The van der Waals surface area contributed by atoms with Gasteiger partial charge < -0.3 is 9.64 Å². The second kappa shape index (κ2) is 6.75. The van der Waals surface area contributed by atoms with Crippen LogP contribution in [0.5, 0.6) is 0 Å². The number of ether oxygens (including phenoxy) is 1. The molecule has 7 nitrogen and oxygen atoms in total. The normalized spacial score (nSPS) is 25.4. The standard InChI is InChI=1S/C15H25N5O2/c1-19(2)5-6-20-10-16-15(18-20)17-14(21)13-9-12(13)11-3-7-22-8-4-11/h10-13H,3-9H2,1-2H3,(H,17,18,21)/t12-,13+/m0/s1. The van der Waals surface area contributed by atoms with Crippen LogP contribution in [0.2, 0.25) is 0 Å². The number of hydrogen-bond acceptors (Lipinski definition) is 5. The Morgan fingerprint density at radius 3 is 2.95 bits per heavy atom. The predicted octanol–water partition coefficient (Wildman–Crippen LogP) is 0.841. The van der Waals surface area contributed by atoms with E-state index in [0.717, 1.165) is 45.6 Å². The molecule has 1 aliphatic carbocycles. The van der Waals surface area contributed by atoms with Gasteiger partial charge in [0.05, 0.1) is 6.54 Å². The summed E-state index contributed by atoms with van der Waals surface area (Å²) < 4.78 is 7.15. The molecule has 122 valence electrons. The minimum absolute atomic E-state index is 0.0712. The van der Waals surface area contributed by atoms with Crippen LogP contribution in [-0.4, -0.2) is 59.4 Å². The molecular weight excluding hydrogens is 282 g/mol. The van der Waals surface area contributed by atoms with Crippen molar-refractivity contribution in [1.29, 1.82) is 0 Å². The van der Waals surface area contributed by atoms with Gasteiger partial charge in [0.25, 0.3) is 0 Å². The zero-order valence-corrected chi connectivity index (χ0v) is 13.4. The van der Waals surface area contributed by atoms with E-state index in [0.29, 0.717) is 17.8 Å². The number of hydrogen-bond donors (Lipinski definition) is 1. The summed E-state index contributed by atoms with van der Waals surface area (Å²) >= 11 is 0. The Morgan fingerprint density at radius 1 is 1.45 bits per heavy atom. The fraction of sp³-hybridized carbons (Fsp3) is 0.800. The van der Waals surface area contributed by atoms with Gasteiger partial charge in [0.2, 0.25) is 11.9 Å². The Balaban J connectivity index is 1.46. The number of amides is 1. The molecule has 1 amide bonds. The number of nitrogens with zero attached hydrogens (tertiary/aromatic N) is 4. The summed E-state index contributed by atoms with van der Waals surface area (Å²) in [6.45, 7) is 3.34. The van der Waals surface area contributed by atoms with Crippen LogP contribution in [0.15, 0.2) is 6.33 Å². The van der Waals surface area contributed by atoms with Crippen molar-refractivity contribution in [3.8, 4) is 0 Å². The van der Waals surface area contributed by atoms with E-state index in [9.17, 15) is 4.79 Å². The van der Waals surface area contributed by atoms with Crippen molar-refractivity contribution in [1.82, 2.24) is 19.7 Å². The van der Waals surface area contributed by atoms with Gasteiger partial charge in [-0.2, -0.15) is 0 Å². The second-order valence-corrected chi connectivity index (χ2v) is 6.58. The molecule has 1 N–H and O–H groups in total. The van der Waals surface area contributed by atoms with Crippen LogP contribution in [0.3, 0.4) is 0 Å². The zero-order chi connectivity index (χ0) is 15.5. The van der Waals surface area contributed by atoms with Gasteiger partial charge in [-0.3, -0.25) is 10.1 Å². The lowest BCUT2D eigenvalue weighted by Gasteiger charge is -2.21. The molecule has 22 heavy (non-hydrogen) atoms. The van der Waals surface area contributed by atoms with Gasteiger partial charge in [0.1, 0.15) is 6.33 Å². The molecule has 1 aromatic heterocycles. The highest BCUT2D eigenvalue weighted by Gasteiger charge is 2.47. The first-order valence-corrected chi connectivity index (χ1v) is 8.06. The smallest absolute Gasteiger partial charge is 0.248 e. The number of carbonyl (C=O) groups is 1. The highest BCUT2D eigenvalue weighted by atomic mass is 16.5. The molecule has 3 rings (SSSR count). The zero-order valence-electron chi connectivity index (χ0n) is 13.4. The van der Waals surface area contributed by atoms with Gasteiger partial charge in [0, 0.05) is 25.7 Å². The molecule has 0 radical (unpaired) electrons. The molecular formula is C15H25N5O2. The number of anilines is 1. The largest absolute Gasteiger partial charge is 0.381 e. The number of carbonyl (C=O) groups excluding carboxylic acids is 1. The summed E-state index contributed by atoms with van der Waals surface area (Å²) in [5, 5.41) is 7.15. The van der Waals surface area contributed by atoms with Crippen molar-refractivity contribution in [3.63, 3.8) is 0 Å². The van der Waals surface area contributed by atoms with Gasteiger partial charge in [-0.25, -0.2) is 9.67 Å². The van der Waals surface area contributed by atoms with Crippen molar-refractivity contribution in [2.45, 2.75) is 25.8 Å². The SMILES string of the molecule is CN(C)CCn1cnc(NC(=O)[C@@H]2C[C@H]2C2CCOCC2)n1. The summed E-state index contributed by atoms with van der Waals surface area (Å²) in [5.41, 5.74) is 0. The van der Waals surface area contributed by atoms with E-state index in [-0.39, 0.29) is 11.8 Å². The summed E-state index contributed by atoms with van der Waals surface area (Å²) in [4.78, 5) is 18.5. The number of aromatic nitrogens is 3. The molecule has 1 aromatic rings. The predicted molar refractivity (Wildman–Crippen MR) is 82.3 cm³/mol. The minimum Gasteiger partial charge on any atom is -0.381 e. The molecule has 0 spiro atoms. The van der Waals surface area contributed by atoms with Crippen LogP contribution in [0, 0.1) is 17.8 Å². The summed E-state index contributed by atoms with van der Waals surface area (Å²) in [7, 11) is 4.03. The van der Waals surface area contributed by atoms with Crippen LogP contribution in [0.1, 0.15) is 19.3 Å². The van der Waals surface area contributed by atoms with Crippen molar-refractivity contribution in [2.24, 2.45) is 17.8 Å². The summed E-state index contributed by atoms with van der Waals surface area (Å²) in [6, 6.07) is 0. The minimum atomic E-state index is 0.0712. The van der Waals surface area contributed by atoms with Crippen molar-refractivity contribution < 1.29 is 9.53 Å². The lowest BCUT2D eigenvalue weighted by Crippen LogP contribution is -2.22. The molecule has 2 heterocycles. The van der Waals surface area contributed by atoms with Crippen LogP contribution in [-0.2, 0) is 16.1 Å². The van der Waals surface area contributed by atoms with E-state index in [4.69, 9.17) is 4.74 Å². The van der Waals surface area contributed by atoms with E-state index in [1.807, 2.05) is 14.1 Å². The van der Waals surface area contributed by atoms with Crippen molar-refractivity contribution >= 4 is 11.9 Å². The van der Waals surface area contributed by atoms with Crippen LogP contribution >= 0.6 is 0 Å². The average molecular weight is 307 g/mol. The van der Waals surface area contributed by atoms with E-state index in [2.05, 4.69) is 20.3 Å². The summed E-state index contributed by atoms with van der Waals surface area (Å²) in [5.74, 6) is 1.80. The Labute approximate surface area is 131 Å². The first-order valence-electron chi connectivity index (χ1n) is 8.06. The van der Waals surface area contributed by atoms with E-state index in [1.54, 1.807) is 11.0 Å². The van der Waals surface area contributed by atoms with E-state index in [1.165, 1.54) is 0 Å². The first-order chi connectivity index (χ1) is 10.6. The Bertz CT molecular complexity index is 510. The van der Waals surface area contributed by atoms with Crippen LogP contribution in [0.25, 0.3) is 0 Å². The number of rotatable bonds is 6. The van der Waals surface area contributed by atoms with Gasteiger partial charge >= 0.3 is 0 Å². The van der Waals surface area contributed by atoms with Crippen molar-refractivity contribution in [2.75, 3.05) is 39.2 Å². The highest BCUT2D eigenvalue weighted by molar-refractivity contribution is 5.92. The maximum Gasteiger partial charge on any atom is 0.248 e. The quantitative estimate of drug-likeness (QED) is 0.843. The number of likely N-dealkylation sites (N-methyl/N-ethyl adjacent to an activating group) is 1. The number of nitrogens with one attached hydrogen (secondary N) is 1. The third kappa shape index (κ3) is 3.84. The third-order valence-electron chi connectivity index (χ3n) is 4.60. The van der Waals surface area contributed by atoms with E-state index < -0.39 is 0 Å². The molecule has 0 aromatic carbocycles. The maximum atomic E-state index is 12.3. The van der Waals surface area contributed by atoms with Gasteiger partial charge in [-0.05, 0) is 45.2 Å². The first kappa shape index (κ1) is 15.4. The lowest BCUT2D eigenvalue weighted by atomic mass is 9.93. The maximum absolute atomic E-state index is 12.3. The molecule has 1 aliphatic heterocycles. The van der Waals surface area contributed by atoms with Gasteiger partial charge in [-0.1, -0.05) is 0 Å². The molecule has 2 atom stereocenters. The molecule has 0 unspecified atom stereocenters. The fourth-order valence-corrected chi connectivity index (χ4v) is 3.15. The van der Waals surface area contributed by atoms with Gasteiger partial charge in [-0.15, -0.1) is 5.10 Å². The summed E-state index contributed by atoms with van der Waals surface area (Å²) in [6.07, 6.45) is 4.84. The topological polar surface area (TPSA) is 72.3 Å². The van der Waals surface area contributed by atoms with Crippen LogP contribution < -0.4 is 5.32 Å². The molecule has 1 saturated carbocycles. The lowest BCUT2D eigenvalue weighted by molar-refractivity contribution is -0.118. The van der Waals surface area contributed by atoms with Crippen molar-refractivity contribution in [3.05, 3.63) is 6.33 Å². The third-order valence-corrected chi connectivity index (χ3v) is 4.60. The Morgan fingerprint density at radius 2 is 2.23 bits per heavy atom. The van der Waals surface area contributed by atoms with Crippen LogP contribution in [0.4, 0.5) is 5.95 Å². The molecule has 2 fully saturated rings. The van der Waals surface area contributed by atoms with E-state index >= 15 is 0 Å². The molecule has 7 heteroatoms. The Kier molecular flexibility index (Phi) is 4.73. The second-order valence-electron chi connectivity index (χ2n) is 6.58.